The Morgan fingerprint density at radius 2 is 1.61 bits per heavy atom. The fourth-order valence-electron chi connectivity index (χ4n) is 10.6. The number of alkyl carbamates (subject to hydrolysis) is 1. The zero-order valence-corrected chi connectivity index (χ0v) is 46.2. The average Bonchev–Trinajstić information content (AvgIpc) is 3.83. The fraction of sp³-hybridized carbons (Fsp3) is 0.679. The summed E-state index contributed by atoms with van der Waals surface area (Å²) >= 11 is 1.50. The lowest BCUT2D eigenvalue weighted by Gasteiger charge is -2.43. The second-order valence-corrected chi connectivity index (χ2v) is 23.0. The van der Waals surface area contributed by atoms with Crippen LogP contribution in [0.5, 0.6) is 5.75 Å². The number of aromatic nitrogens is 1. The highest BCUT2D eigenvalue weighted by molar-refractivity contribution is 7.13. The lowest BCUT2D eigenvalue weighted by molar-refractivity contribution is -0.160. The molecule has 426 valence electrons. The third-order valence-corrected chi connectivity index (χ3v) is 15.9. The van der Waals surface area contributed by atoms with E-state index in [1.54, 1.807) is 26.3 Å². The van der Waals surface area contributed by atoms with Crippen molar-refractivity contribution in [2.45, 2.75) is 142 Å². The van der Waals surface area contributed by atoms with Crippen LogP contribution in [0.2, 0.25) is 0 Å². The summed E-state index contributed by atoms with van der Waals surface area (Å²) in [7, 11) is 0. The number of allylic oxidation sites excluding steroid dienone is 3. The summed E-state index contributed by atoms with van der Waals surface area (Å²) in [6, 6.07) is 3.55. The average molecular weight is 1100 g/mol. The molecule has 2 saturated heterocycles. The lowest BCUT2D eigenvalue weighted by atomic mass is 9.65. The van der Waals surface area contributed by atoms with Crippen LogP contribution in [-0.4, -0.2) is 165 Å². The molecule has 1 saturated carbocycles. The van der Waals surface area contributed by atoms with Crippen molar-refractivity contribution >= 4 is 41.1 Å². The number of esters is 1. The molecule has 2 aliphatic heterocycles. The summed E-state index contributed by atoms with van der Waals surface area (Å²) in [6.45, 7) is 14.5. The Balaban J connectivity index is 0.758. The highest BCUT2D eigenvalue weighted by Crippen LogP contribution is 2.45. The first kappa shape index (κ1) is 59.6. The number of hydrogen-bond acceptors (Lipinski definition) is 16. The number of nitrogens with zero attached hydrogens (tertiary/aromatic N) is 2. The number of fused-ring (bicyclic) bond motifs is 1. The van der Waals surface area contributed by atoms with Crippen LogP contribution in [0.25, 0.3) is 10.4 Å². The third kappa shape index (κ3) is 17.0. The molecule has 3 fully saturated rings. The number of β-amino-alcohol motifs (C(OH)–C–C–N with tert-alkyl or cyclic N) is 1. The summed E-state index contributed by atoms with van der Waals surface area (Å²) in [6.07, 6.45) is 6.72. The van der Waals surface area contributed by atoms with Gasteiger partial charge < -0.3 is 64.2 Å². The van der Waals surface area contributed by atoms with Crippen LogP contribution in [-0.2, 0) is 54.1 Å². The van der Waals surface area contributed by atoms with Gasteiger partial charge in [0.25, 0.3) is 5.91 Å². The maximum atomic E-state index is 14.6. The van der Waals surface area contributed by atoms with E-state index in [4.69, 9.17) is 33.2 Å². The van der Waals surface area contributed by atoms with Crippen LogP contribution < -0.4 is 20.7 Å². The second-order valence-electron chi connectivity index (χ2n) is 22.2. The van der Waals surface area contributed by atoms with E-state index in [0.717, 1.165) is 22.6 Å². The molecule has 2 aromatic rings. The number of carbonyl (C=O) groups excluding carboxylic acids is 5. The number of aliphatic hydroxyl groups excluding tert-OH is 2. The van der Waals surface area contributed by atoms with Crippen molar-refractivity contribution in [3.63, 3.8) is 0 Å². The molecule has 77 heavy (non-hydrogen) atoms. The molecule has 0 radical (unpaired) electrons. The first-order valence-corrected chi connectivity index (χ1v) is 28.1. The monoisotopic (exact) mass is 1100 g/mol. The van der Waals surface area contributed by atoms with E-state index in [1.165, 1.54) is 21.8 Å². The number of amides is 4. The van der Waals surface area contributed by atoms with Gasteiger partial charge in [-0.05, 0) is 79.4 Å². The number of carbonyl (C=O) groups is 5. The molecule has 7 rings (SSSR count). The van der Waals surface area contributed by atoms with Gasteiger partial charge in [-0.15, -0.1) is 11.3 Å². The first-order chi connectivity index (χ1) is 36.8. The Morgan fingerprint density at radius 3 is 2.26 bits per heavy atom. The quantitative estimate of drug-likeness (QED) is 0.0547. The molecule has 0 spiro atoms. The smallest absolute Gasteiger partial charge is 0.407 e. The standard InChI is InChI=1S/C56H80FN5O14S/c1-34-25-37-8-7-35(2)43(12-11-42-28-40(63)30-47(65)75-42)48(37)46(26-34)76-54(69)58-15-16-70-17-18-71-19-20-72-21-22-73-23-24-74-45-27-38(49-36(3)60-33-77-49)9-10-39(45)31-59-51(66)44-29-41(64)32-62(44)52(67)50(55(4,5)6)61-53(68)56(57)13-14-56/h7-10,25,27,33-35,40-44,46,48,50,63-64H,11-24,26,28-32H2,1-6H3,(H,58,69)(H,59,66)(H,61,68)/t34-,35-,40+,41+,42+,43-,44-,46-,48-,50+/m0/s1. The number of hydrogen-bond donors (Lipinski definition) is 5. The van der Waals surface area contributed by atoms with Crippen LogP contribution >= 0.6 is 11.3 Å². The van der Waals surface area contributed by atoms with Crippen molar-refractivity contribution in [3.8, 4) is 16.2 Å². The van der Waals surface area contributed by atoms with Gasteiger partial charge in [0.1, 0.15) is 36.6 Å². The molecular weight excluding hydrogens is 1020 g/mol. The van der Waals surface area contributed by atoms with E-state index in [2.05, 4.69) is 53.0 Å². The fourth-order valence-corrected chi connectivity index (χ4v) is 11.4. The highest BCUT2D eigenvalue weighted by Gasteiger charge is 2.53. The molecule has 3 heterocycles. The van der Waals surface area contributed by atoms with Crippen LogP contribution in [0.1, 0.15) is 97.2 Å². The van der Waals surface area contributed by atoms with Gasteiger partial charge >= 0.3 is 12.1 Å². The molecule has 0 bridgehead atoms. The Morgan fingerprint density at radius 1 is 0.922 bits per heavy atom. The second kappa shape index (κ2) is 27.7. The minimum absolute atomic E-state index is 0.00653. The van der Waals surface area contributed by atoms with Gasteiger partial charge in [0.2, 0.25) is 11.8 Å². The lowest BCUT2D eigenvalue weighted by Crippen LogP contribution is -2.59. The van der Waals surface area contributed by atoms with E-state index in [0.29, 0.717) is 70.2 Å². The van der Waals surface area contributed by atoms with Gasteiger partial charge in [0.15, 0.2) is 5.67 Å². The van der Waals surface area contributed by atoms with Gasteiger partial charge in [-0.25, -0.2) is 14.2 Å². The number of aryl methyl sites for hydroxylation is 1. The summed E-state index contributed by atoms with van der Waals surface area (Å²) in [5, 5.41) is 29.0. The maximum Gasteiger partial charge on any atom is 0.407 e. The van der Waals surface area contributed by atoms with Crippen LogP contribution in [0.3, 0.4) is 0 Å². The van der Waals surface area contributed by atoms with Crippen molar-refractivity contribution in [1.82, 2.24) is 25.8 Å². The summed E-state index contributed by atoms with van der Waals surface area (Å²) < 4.78 is 55.2. The zero-order chi connectivity index (χ0) is 55.3. The Bertz CT molecular complexity index is 2390. The zero-order valence-electron chi connectivity index (χ0n) is 45.4. The number of halogens is 1. The molecular formula is C56H80FN5O14S. The molecule has 0 unspecified atom stereocenters. The Labute approximate surface area is 455 Å². The molecule has 1 aromatic carbocycles. The van der Waals surface area contributed by atoms with E-state index in [9.17, 15) is 38.6 Å². The largest absolute Gasteiger partial charge is 0.491 e. The number of cyclic esters (lactones) is 1. The molecule has 1 aromatic heterocycles. The normalized spacial score (nSPS) is 26.0. The van der Waals surface area contributed by atoms with Crippen molar-refractivity contribution in [2.24, 2.45) is 29.1 Å². The minimum atomic E-state index is -1.98. The number of alkyl halides is 1. The summed E-state index contributed by atoms with van der Waals surface area (Å²) in [5.74, 6) is -0.999. The van der Waals surface area contributed by atoms with E-state index >= 15 is 0 Å². The molecule has 5 N–H and O–H groups in total. The van der Waals surface area contributed by atoms with Gasteiger partial charge in [-0.3, -0.25) is 19.2 Å². The predicted molar refractivity (Wildman–Crippen MR) is 283 cm³/mol. The number of ether oxygens (including phenoxy) is 7. The number of aliphatic hydroxyl groups is 2. The Kier molecular flexibility index (Phi) is 21.5. The van der Waals surface area contributed by atoms with Gasteiger partial charge in [-0.2, -0.15) is 0 Å². The molecule has 5 aliphatic rings. The molecule has 19 nitrogen and oxygen atoms in total. The van der Waals surface area contributed by atoms with Gasteiger partial charge in [0, 0.05) is 44.0 Å². The maximum absolute atomic E-state index is 14.6. The molecule has 4 amide bonds. The van der Waals surface area contributed by atoms with Gasteiger partial charge in [0.05, 0.1) is 87.6 Å². The number of nitrogens with one attached hydrogen (secondary N) is 3. The van der Waals surface area contributed by atoms with Crippen LogP contribution in [0.4, 0.5) is 9.18 Å². The molecule has 10 atom stereocenters. The first-order valence-electron chi connectivity index (χ1n) is 27.2. The predicted octanol–water partition coefficient (Wildman–Crippen LogP) is 5.52. The number of rotatable bonds is 27. The third-order valence-electron chi connectivity index (χ3n) is 14.9. The number of thiazole rings is 1. The van der Waals surface area contributed by atoms with Crippen molar-refractivity contribution in [3.05, 3.63) is 58.8 Å². The summed E-state index contributed by atoms with van der Waals surface area (Å²) in [5.41, 5.74) is 2.60. The molecule has 21 heteroatoms. The van der Waals surface area contributed by atoms with E-state index in [1.807, 2.05) is 25.1 Å². The highest BCUT2D eigenvalue weighted by atomic mass is 32.1. The van der Waals surface area contributed by atoms with Crippen LogP contribution in [0.15, 0.2) is 47.5 Å². The Hall–Kier alpha value is -5.03. The minimum Gasteiger partial charge on any atom is -0.491 e. The summed E-state index contributed by atoms with van der Waals surface area (Å²) in [4.78, 5) is 71.9. The number of likely N-dealkylation sites (tertiary alicyclic amines) is 1. The number of benzene rings is 1. The SMILES string of the molecule is Cc1ncsc1-c1ccc(CNC(=O)[C@@H]2C[C@@H](O)CN2C(=O)[C@@H](NC(=O)C2(F)CC2)C(C)(C)C)c(OCCOCCOCCOCCOCCNC(=O)O[C@H]2C[C@@H](C)C=C3C=C[C@H](C)[C@H](CC[C@@H]4C[C@@H](O)CC(=O)O4)[C@H]32)c1. The van der Waals surface area contributed by atoms with Crippen molar-refractivity contribution in [2.75, 3.05) is 72.6 Å². The van der Waals surface area contributed by atoms with Crippen LogP contribution in [0, 0.1) is 36.0 Å². The van der Waals surface area contributed by atoms with Gasteiger partial charge in [-0.1, -0.05) is 65.0 Å². The molecule has 3 aliphatic carbocycles. The van der Waals surface area contributed by atoms with Crippen molar-refractivity contribution < 1.29 is 71.7 Å². The van der Waals surface area contributed by atoms with Crippen molar-refractivity contribution in [1.29, 1.82) is 0 Å². The van der Waals surface area contributed by atoms with E-state index < -0.39 is 59.2 Å². The topological polar surface area (TPSA) is 243 Å². The van der Waals surface area contributed by atoms with E-state index in [-0.39, 0.29) is 107 Å².